The highest BCUT2D eigenvalue weighted by Crippen LogP contribution is 2.35. The molecule has 1 aromatic carbocycles. The summed E-state index contributed by atoms with van der Waals surface area (Å²) in [6, 6.07) is 6.69. The van der Waals surface area contributed by atoms with Crippen LogP contribution >= 0.6 is 0 Å². The second-order valence-electron chi connectivity index (χ2n) is 5.03. The summed E-state index contributed by atoms with van der Waals surface area (Å²) in [6.07, 6.45) is 5.80. The van der Waals surface area contributed by atoms with Crippen molar-refractivity contribution in [2.24, 2.45) is 5.92 Å². The van der Waals surface area contributed by atoms with Crippen molar-refractivity contribution in [2.75, 3.05) is 4.90 Å². The summed E-state index contributed by atoms with van der Waals surface area (Å²) in [7, 11) is 0. The number of carbonyl (C=O) groups excluding carboxylic acids is 1. The number of benzene rings is 1. The lowest BCUT2D eigenvalue weighted by molar-refractivity contribution is -0.140. The standard InChI is InChI=1S/C15H15NO3/c17-14(10-5-1-2-6-10)16-12-8-4-3-7-11(12)9-13(16)15(18)19/h1-4,7-8,10,13H,5-6,9H2,(H,18,19)/t13-/m0/s1. The minimum atomic E-state index is -0.935. The van der Waals surface area contributed by atoms with Crippen LogP contribution in [-0.2, 0) is 16.0 Å². The first-order valence-corrected chi connectivity index (χ1v) is 6.47. The average Bonchev–Trinajstić information content (AvgIpc) is 3.05. The number of carboxylic acid groups (broad SMARTS) is 1. The Bertz CT molecular complexity index is 556. The Morgan fingerprint density at radius 3 is 2.53 bits per heavy atom. The summed E-state index contributed by atoms with van der Waals surface area (Å²) in [5, 5.41) is 9.34. The molecule has 3 rings (SSSR count). The number of allylic oxidation sites excluding steroid dienone is 2. The van der Waals surface area contributed by atoms with Crippen LogP contribution in [-0.4, -0.2) is 23.0 Å². The maximum atomic E-state index is 12.5. The molecular weight excluding hydrogens is 242 g/mol. The zero-order chi connectivity index (χ0) is 13.4. The Kier molecular flexibility index (Phi) is 2.85. The lowest BCUT2D eigenvalue weighted by Gasteiger charge is -2.25. The van der Waals surface area contributed by atoms with Crippen molar-refractivity contribution in [1.29, 1.82) is 0 Å². The number of carbonyl (C=O) groups is 2. The molecule has 0 aromatic heterocycles. The van der Waals surface area contributed by atoms with Gasteiger partial charge in [0.25, 0.3) is 0 Å². The van der Waals surface area contributed by atoms with Crippen LogP contribution in [0.3, 0.4) is 0 Å². The van der Waals surface area contributed by atoms with Gasteiger partial charge in [-0.3, -0.25) is 9.69 Å². The third kappa shape index (κ3) is 1.93. The van der Waals surface area contributed by atoms with Gasteiger partial charge in [0.15, 0.2) is 0 Å². The fourth-order valence-electron chi connectivity index (χ4n) is 2.87. The monoisotopic (exact) mass is 257 g/mol. The molecule has 0 spiro atoms. The summed E-state index contributed by atoms with van der Waals surface area (Å²) in [6.45, 7) is 0. The van der Waals surface area contributed by atoms with Crippen LogP contribution in [0.5, 0.6) is 0 Å². The molecule has 0 unspecified atom stereocenters. The van der Waals surface area contributed by atoms with Crippen molar-refractivity contribution in [3.8, 4) is 0 Å². The lowest BCUT2D eigenvalue weighted by Crippen LogP contribution is -2.45. The summed E-state index contributed by atoms with van der Waals surface area (Å²) in [5.74, 6) is -1.11. The number of anilines is 1. The molecule has 0 saturated heterocycles. The van der Waals surface area contributed by atoms with E-state index in [1.165, 1.54) is 4.90 Å². The Hall–Kier alpha value is -2.10. The van der Waals surface area contributed by atoms with Crippen molar-refractivity contribution in [3.05, 3.63) is 42.0 Å². The first kappa shape index (κ1) is 12.0. The highest BCUT2D eigenvalue weighted by atomic mass is 16.4. The number of hydrogen-bond acceptors (Lipinski definition) is 2. The molecule has 1 heterocycles. The van der Waals surface area contributed by atoms with Gasteiger partial charge in [-0.25, -0.2) is 4.79 Å². The minimum Gasteiger partial charge on any atom is -0.480 e. The SMILES string of the molecule is O=C(O)[C@@H]1Cc2ccccc2N1C(=O)C1CC=CC1. The smallest absolute Gasteiger partial charge is 0.327 e. The summed E-state index contributed by atoms with van der Waals surface area (Å²) >= 11 is 0. The van der Waals surface area contributed by atoms with Crippen LogP contribution < -0.4 is 4.90 Å². The van der Waals surface area contributed by atoms with Gasteiger partial charge in [-0.1, -0.05) is 30.4 Å². The van der Waals surface area contributed by atoms with Crippen molar-refractivity contribution >= 4 is 17.6 Å². The number of amides is 1. The van der Waals surface area contributed by atoms with E-state index in [0.717, 1.165) is 11.3 Å². The summed E-state index contributed by atoms with van der Waals surface area (Å²) in [4.78, 5) is 25.4. The molecule has 1 N–H and O–H groups in total. The van der Waals surface area contributed by atoms with Crippen molar-refractivity contribution in [3.63, 3.8) is 0 Å². The first-order valence-electron chi connectivity index (χ1n) is 6.47. The Labute approximate surface area is 111 Å². The van der Waals surface area contributed by atoms with Crippen LogP contribution in [0.2, 0.25) is 0 Å². The number of rotatable bonds is 2. The van der Waals surface area contributed by atoms with Crippen LogP contribution in [0.15, 0.2) is 36.4 Å². The Morgan fingerprint density at radius 1 is 1.16 bits per heavy atom. The van der Waals surface area contributed by atoms with Gasteiger partial charge in [-0.15, -0.1) is 0 Å². The van der Waals surface area contributed by atoms with E-state index in [1.54, 1.807) is 0 Å². The molecule has 1 atom stereocenters. The van der Waals surface area contributed by atoms with Crippen molar-refractivity contribution in [1.82, 2.24) is 0 Å². The van der Waals surface area contributed by atoms with Gasteiger partial charge >= 0.3 is 5.97 Å². The van der Waals surface area contributed by atoms with Gasteiger partial charge < -0.3 is 5.11 Å². The van der Waals surface area contributed by atoms with E-state index >= 15 is 0 Å². The molecule has 0 fully saturated rings. The van der Waals surface area contributed by atoms with Crippen LogP contribution in [0.4, 0.5) is 5.69 Å². The Morgan fingerprint density at radius 2 is 1.84 bits per heavy atom. The number of hydrogen-bond donors (Lipinski definition) is 1. The number of nitrogens with zero attached hydrogens (tertiary/aromatic N) is 1. The quantitative estimate of drug-likeness (QED) is 0.824. The fraction of sp³-hybridized carbons (Fsp3) is 0.333. The van der Waals surface area contributed by atoms with E-state index in [-0.39, 0.29) is 11.8 Å². The summed E-state index contributed by atoms with van der Waals surface area (Å²) < 4.78 is 0. The predicted molar refractivity (Wildman–Crippen MR) is 70.9 cm³/mol. The van der Waals surface area contributed by atoms with E-state index < -0.39 is 12.0 Å². The van der Waals surface area contributed by atoms with Crippen LogP contribution in [0, 0.1) is 5.92 Å². The topological polar surface area (TPSA) is 57.6 Å². The second-order valence-corrected chi connectivity index (χ2v) is 5.03. The average molecular weight is 257 g/mol. The second kappa shape index (κ2) is 4.53. The predicted octanol–water partition coefficient (Wildman–Crippen LogP) is 2.00. The molecule has 19 heavy (non-hydrogen) atoms. The third-order valence-electron chi connectivity index (χ3n) is 3.86. The van der Waals surface area contributed by atoms with E-state index in [2.05, 4.69) is 0 Å². The normalized spacial score (nSPS) is 21.7. The van der Waals surface area contributed by atoms with Crippen LogP contribution in [0.25, 0.3) is 0 Å². The van der Waals surface area contributed by atoms with Gasteiger partial charge in [0.05, 0.1) is 0 Å². The molecule has 0 bridgehead atoms. The molecule has 2 aliphatic rings. The molecule has 1 aliphatic carbocycles. The molecule has 1 aromatic rings. The highest BCUT2D eigenvalue weighted by Gasteiger charge is 2.40. The fourth-order valence-corrected chi connectivity index (χ4v) is 2.87. The molecule has 0 radical (unpaired) electrons. The highest BCUT2D eigenvalue weighted by molar-refractivity contribution is 6.03. The van der Waals surface area contributed by atoms with Gasteiger partial charge in [0.1, 0.15) is 6.04 Å². The largest absolute Gasteiger partial charge is 0.480 e. The molecule has 1 aliphatic heterocycles. The summed E-state index contributed by atoms with van der Waals surface area (Å²) in [5.41, 5.74) is 1.70. The molecule has 98 valence electrons. The molecular formula is C15H15NO3. The van der Waals surface area contributed by atoms with E-state index in [1.807, 2.05) is 36.4 Å². The molecule has 1 amide bonds. The molecule has 4 heteroatoms. The third-order valence-corrected chi connectivity index (χ3v) is 3.86. The van der Waals surface area contributed by atoms with Crippen molar-refractivity contribution in [2.45, 2.75) is 25.3 Å². The van der Waals surface area contributed by atoms with Gasteiger partial charge in [-0.2, -0.15) is 0 Å². The van der Waals surface area contributed by atoms with E-state index in [0.29, 0.717) is 19.3 Å². The molecule has 4 nitrogen and oxygen atoms in total. The number of para-hydroxylation sites is 1. The van der Waals surface area contributed by atoms with Crippen molar-refractivity contribution < 1.29 is 14.7 Å². The van der Waals surface area contributed by atoms with E-state index in [9.17, 15) is 14.7 Å². The minimum absolute atomic E-state index is 0.0673. The first-order chi connectivity index (χ1) is 9.18. The van der Waals surface area contributed by atoms with Crippen LogP contribution in [0.1, 0.15) is 18.4 Å². The van der Waals surface area contributed by atoms with Gasteiger partial charge in [0.2, 0.25) is 5.91 Å². The van der Waals surface area contributed by atoms with Gasteiger partial charge in [0, 0.05) is 18.0 Å². The van der Waals surface area contributed by atoms with Gasteiger partial charge in [-0.05, 0) is 24.5 Å². The number of fused-ring (bicyclic) bond motifs is 1. The zero-order valence-corrected chi connectivity index (χ0v) is 10.5. The number of aliphatic carboxylic acids is 1. The zero-order valence-electron chi connectivity index (χ0n) is 10.5. The lowest BCUT2D eigenvalue weighted by atomic mass is 10.0. The molecule has 0 saturated carbocycles. The number of carboxylic acids is 1. The Balaban J connectivity index is 1.95. The maximum absolute atomic E-state index is 12.5. The maximum Gasteiger partial charge on any atom is 0.327 e. The van der Waals surface area contributed by atoms with E-state index in [4.69, 9.17) is 0 Å².